The van der Waals surface area contributed by atoms with Crippen molar-refractivity contribution in [2.45, 2.75) is 0 Å². The zero-order valence-electron chi connectivity index (χ0n) is 14.5. The zero-order valence-corrected chi connectivity index (χ0v) is 14.5. The fourth-order valence-corrected chi connectivity index (χ4v) is 2.51. The van der Waals surface area contributed by atoms with Gasteiger partial charge in [-0.15, -0.1) is 0 Å². The Bertz CT molecular complexity index is 1050. The van der Waals surface area contributed by atoms with Crippen LogP contribution in [0.15, 0.2) is 72.8 Å². The lowest BCUT2D eigenvalue weighted by Gasteiger charge is -2.12. The molecule has 0 unspecified atom stereocenters. The highest BCUT2D eigenvalue weighted by atomic mass is 19.1. The van der Waals surface area contributed by atoms with E-state index in [0.29, 0.717) is 5.69 Å². The molecular formula is C21H15FN2O4. The van der Waals surface area contributed by atoms with Gasteiger partial charge in [-0.25, -0.2) is 9.18 Å². The molecule has 0 radical (unpaired) electrons. The molecule has 0 saturated heterocycles. The first-order valence-corrected chi connectivity index (χ1v) is 8.25. The van der Waals surface area contributed by atoms with Crippen molar-refractivity contribution >= 4 is 29.2 Å². The number of amides is 2. The molecule has 3 N–H and O–H groups in total. The minimum Gasteiger partial charge on any atom is -0.478 e. The van der Waals surface area contributed by atoms with E-state index in [2.05, 4.69) is 10.6 Å². The van der Waals surface area contributed by atoms with Gasteiger partial charge in [0.15, 0.2) is 0 Å². The first-order valence-electron chi connectivity index (χ1n) is 8.25. The lowest BCUT2D eigenvalue weighted by molar-refractivity contribution is 0.0696. The van der Waals surface area contributed by atoms with Crippen LogP contribution in [0.3, 0.4) is 0 Å². The van der Waals surface area contributed by atoms with Gasteiger partial charge in [0.2, 0.25) is 0 Å². The van der Waals surface area contributed by atoms with Gasteiger partial charge in [0.25, 0.3) is 11.8 Å². The molecule has 0 aliphatic carbocycles. The minimum atomic E-state index is -1.11. The van der Waals surface area contributed by atoms with Crippen LogP contribution in [0.5, 0.6) is 0 Å². The van der Waals surface area contributed by atoms with Crippen LogP contribution >= 0.6 is 0 Å². The van der Waals surface area contributed by atoms with Crippen molar-refractivity contribution in [1.82, 2.24) is 0 Å². The topological polar surface area (TPSA) is 95.5 Å². The van der Waals surface area contributed by atoms with Crippen LogP contribution in [0, 0.1) is 5.82 Å². The summed E-state index contributed by atoms with van der Waals surface area (Å²) in [6.45, 7) is 0. The Hall–Kier alpha value is -4.00. The molecule has 0 bridgehead atoms. The van der Waals surface area contributed by atoms with Crippen molar-refractivity contribution in [2.24, 2.45) is 0 Å². The molecule has 140 valence electrons. The van der Waals surface area contributed by atoms with Crippen LogP contribution in [-0.4, -0.2) is 22.9 Å². The minimum absolute atomic E-state index is 0.0377. The first-order chi connectivity index (χ1) is 13.4. The molecular weight excluding hydrogens is 363 g/mol. The molecule has 3 rings (SSSR count). The van der Waals surface area contributed by atoms with Gasteiger partial charge in [-0.1, -0.05) is 18.2 Å². The maximum atomic E-state index is 13.0. The SMILES string of the molecule is O=C(O)c1cccc(NC(=O)c2ccccc2NC(=O)c2ccc(F)cc2)c1. The lowest BCUT2D eigenvalue weighted by atomic mass is 10.1. The van der Waals surface area contributed by atoms with Gasteiger partial charge in [0.1, 0.15) is 5.82 Å². The monoisotopic (exact) mass is 378 g/mol. The van der Waals surface area contributed by atoms with Gasteiger partial charge in [0, 0.05) is 11.3 Å². The van der Waals surface area contributed by atoms with Crippen LogP contribution in [-0.2, 0) is 0 Å². The fourth-order valence-electron chi connectivity index (χ4n) is 2.51. The number of hydrogen-bond acceptors (Lipinski definition) is 3. The van der Waals surface area contributed by atoms with Gasteiger partial charge in [-0.2, -0.15) is 0 Å². The van der Waals surface area contributed by atoms with Crippen molar-refractivity contribution in [2.75, 3.05) is 10.6 Å². The largest absolute Gasteiger partial charge is 0.478 e. The Labute approximate surface area is 159 Å². The maximum absolute atomic E-state index is 13.0. The Morgan fingerprint density at radius 3 is 2.18 bits per heavy atom. The summed E-state index contributed by atoms with van der Waals surface area (Å²) in [7, 11) is 0. The predicted molar refractivity (Wildman–Crippen MR) is 102 cm³/mol. The number of benzene rings is 3. The normalized spacial score (nSPS) is 10.2. The van der Waals surface area contributed by atoms with E-state index in [0.717, 1.165) is 0 Å². The summed E-state index contributed by atoms with van der Waals surface area (Å²) in [4.78, 5) is 36.0. The molecule has 0 saturated carbocycles. The highest BCUT2D eigenvalue weighted by Crippen LogP contribution is 2.19. The van der Waals surface area contributed by atoms with Crippen molar-refractivity contribution in [3.63, 3.8) is 0 Å². The van der Waals surface area contributed by atoms with E-state index in [1.165, 1.54) is 48.5 Å². The van der Waals surface area contributed by atoms with E-state index in [9.17, 15) is 18.8 Å². The summed E-state index contributed by atoms with van der Waals surface area (Å²) < 4.78 is 13.0. The third-order valence-electron chi connectivity index (χ3n) is 3.89. The molecule has 0 atom stereocenters. The second-order valence-corrected chi connectivity index (χ2v) is 5.85. The number of carbonyl (C=O) groups excluding carboxylic acids is 2. The number of halogens is 1. The van der Waals surface area contributed by atoms with Gasteiger partial charge < -0.3 is 15.7 Å². The number of carboxylic acids is 1. The number of hydrogen-bond donors (Lipinski definition) is 3. The Kier molecular flexibility index (Phi) is 5.45. The summed E-state index contributed by atoms with van der Waals surface area (Å²) in [6, 6.07) is 17.2. The molecule has 0 aromatic heterocycles. The van der Waals surface area contributed by atoms with Crippen molar-refractivity contribution in [3.8, 4) is 0 Å². The molecule has 3 aromatic carbocycles. The van der Waals surface area contributed by atoms with Gasteiger partial charge in [-0.05, 0) is 54.6 Å². The molecule has 7 heteroatoms. The van der Waals surface area contributed by atoms with E-state index in [4.69, 9.17) is 5.11 Å². The Balaban J connectivity index is 1.80. The van der Waals surface area contributed by atoms with Crippen LogP contribution in [0.1, 0.15) is 31.1 Å². The third kappa shape index (κ3) is 4.39. The van der Waals surface area contributed by atoms with Crippen molar-refractivity contribution in [1.29, 1.82) is 0 Å². The maximum Gasteiger partial charge on any atom is 0.335 e. The van der Waals surface area contributed by atoms with Crippen LogP contribution in [0.4, 0.5) is 15.8 Å². The number of rotatable bonds is 5. The number of nitrogens with one attached hydrogen (secondary N) is 2. The number of anilines is 2. The highest BCUT2D eigenvalue weighted by Gasteiger charge is 2.15. The average molecular weight is 378 g/mol. The molecule has 0 aliphatic heterocycles. The number of para-hydroxylation sites is 1. The van der Waals surface area contributed by atoms with Crippen LogP contribution in [0.2, 0.25) is 0 Å². The standard InChI is InChI=1S/C21H15FN2O4/c22-15-10-8-13(9-11-15)19(25)24-18-7-2-1-6-17(18)20(26)23-16-5-3-4-14(12-16)21(27)28/h1-12H,(H,23,26)(H,24,25)(H,27,28). The van der Waals surface area contributed by atoms with Crippen LogP contribution in [0.25, 0.3) is 0 Å². The van der Waals surface area contributed by atoms with Gasteiger partial charge in [0.05, 0.1) is 16.8 Å². The van der Waals surface area contributed by atoms with Crippen LogP contribution < -0.4 is 10.6 Å². The number of carboxylic acid groups (broad SMARTS) is 1. The second kappa shape index (κ2) is 8.13. The molecule has 2 amide bonds. The summed E-state index contributed by atoms with van der Waals surface area (Å²) in [5, 5.41) is 14.3. The first kappa shape index (κ1) is 18.8. The fraction of sp³-hybridized carbons (Fsp3) is 0. The quantitative estimate of drug-likeness (QED) is 0.625. The third-order valence-corrected chi connectivity index (χ3v) is 3.89. The van der Waals surface area contributed by atoms with Gasteiger partial charge >= 0.3 is 5.97 Å². The lowest BCUT2D eigenvalue weighted by Crippen LogP contribution is -2.18. The summed E-state index contributed by atoms with van der Waals surface area (Å²) in [5.74, 6) is -2.58. The van der Waals surface area contributed by atoms with E-state index >= 15 is 0 Å². The average Bonchev–Trinajstić information content (AvgIpc) is 2.69. The molecule has 6 nitrogen and oxygen atoms in total. The molecule has 0 fully saturated rings. The Morgan fingerprint density at radius 2 is 1.46 bits per heavy atom. The van der Waals surface area contributed by atoms with E-state index in [-0.39, 0.29) is 22.4 Å². The predicted octanol–water partition coefficient (Wildman–Crippen LogP) is 4.03. The molecule has 0 spiro atoms. The molecule has 0 heterocycles. The summed E-state index contributed by atoms with van der Waals surface area (Å²) >= 11 is 0. The molecule has 0 aliphatic rings. The molecule has 28 heavy (non-hydrogen) atoms. The van der Waals surface area contributed by atoms with Crippen molar-refractivity contribution in [3.05, 3.63) is 95.3 Å². The van der Waals surface area contributed by atoms with E-state index in [1.54, 1.807) is 24.3 Å². The van der Waals surface area contributed by atoms with Crippen molar-refractivity contribution < 1.29 is 23.9 Å². The van der Waals surface area contributed by atoms with E-state index < -0.39 is 23.6 Å². The highest BCUT2D eigenvalue weighted by molar-refractivity contribution is 6.12. The second-order valence-electron chi connectivity index (χ2n) is 5.85. The number of carbonyl (C=O) groups is 3. The Morgan fingerprint density at radius 1 is 0.750 bits per heavy atom. The summed E-state index contributed by atoms with van der Waals surface area (Å²) in [5.41, 5.74) is 1.05. The zero-order chi connectivity index (χ0) is 20.1. The number of aromatic carboxylic acids is 1. The van der Waals surface area contributed by atoms with E-state index in [1.807, 2.05) is 0 Å². The molecule has 3 aromatic rings. The van der Waals surface area contributed by atoms with Gasteiger partial charge in [-0.3, -0.25) is 9.59 Å². The summed E-state index contributed by atoms with van der Waals surface area (Å²) in [6.07, 6.45) is 0. The smallest absolute Gasteiger partial charge is 0.335 e.